The van der Waals surface area contributed by atoms with E-state index < -0.39 is 0 Å². The van der Waals surface area contributed by atoms with Gasteiger partial charge in [0, 0.05) is 48.8 Å². The number of hydrogen-bond acceptors (Lipinski definition) is 8. The molecule has 2 aromatic carbocycles. The Morgan fingerprint density at radius 3 is 2.52 bits per heavy atom. The lowest BCUT2D eigenvalue weighted by atomic mass is 10.1. The predicted molar refractivity (Wildman–Crippen MR) is 135 cm³/mol. The third-order valence-electron chi connectivity index (χ3n) is 5.42. The average molecular weight is 463 g/mol. The van der Waals surface area contributed by atoms with Crippen LogP contribution >= 0.6 is 11.3 Å². The Morgan fingerprint density at radius 2 is 1.82 bits per heavy atom. The molecule has 0 spiro atoms. The molecule has 9 heteroatoms. The van der Waals surface area contributed by atoms with E-state index in [1.165, 1.54) is 23.1 Å². The molecule has 1 amide bonds. The number of carbonyl (C=O) groups excluding carboxylic acids is 2. The summed E-state index contributed by atoms with van der Waals surface area (Å²) in [6, 6.07) is 14.8. The third kappa shape index (κ3) is 5.39. The number of nitrogens with one attached hydrogen (secondary N) is 2. The van der Waals surface area contributed by atoms with Crippen molar-refractivity contribution in [2.75, 3.05) is 54.5 Å². The lowest BCUT2D eigenvalue weighted by Crippen LogP contribution is -2.44. The molecule has 1 aromatic heterocycles. The number of amides is 1. The fraction of sp³-hybridized carbons (Fsp3) is 0.208. The van der Waals surface area contributed by atoms with Crippen LogP contribution in [-0.4, -0.2) is 54.8 Å². The van der Waals surface area contributed by atoms with Crippen molar-refractivity contribution in [2.45, 2.75) is 0 Å². The molecule has 3 aromatic rings. The number of likely N-dealkylation sites (N-methyl/N-ethyl adjacent to an activating group) is 1. The number of nitrogens with zero attached hydrogens (tertiary/aromatic N) is 3. The number of ketones is 1. The van der Waals surface area contributed by atoms with E-state index in [9.17, 15) is 9.59 Å². The van der Waals surface area contributed by atoms with E-state index in [-0.39, 0.29) is 17.5 Å². The van der Waals surface area contributed by atoms with E-state index in [0.29, 0.717) is 21.3 Å². The second-order valence-corrected chi connectivity index (χ2v) is 8.80. The monoisotopic (exact) mass is 462 g/mol. The zero-order valence-corrected chi connectivity index (χ0v) is 19.2. The number of thiazole rings is 1. The summed E-state index contributed by atoms with van der Waals surface area (Å²) in [6.07, 6.45) is 1.17. The van der Waals surface area contributed by atoms with Gasteiger partial charge in [0.15, 0.2) is 5.13 Å². The van der Waals surface area contributed by atoms with Crippen LogP contribution in [0.15, 0.2) is 61.2 Å². The second-order valence-electron chi connectivity index (χ2n) is 7.80. The standard InChI is InChI=1S/C24H26N6O2S/c1-3-20(31)26-18-6-4-5-16(15-18)21(32)22-23(25)28-24(33-22)27-17-7-9-19(10-8-17)30-13-11-29(2)12-14-30/h3-10,15H,1,11-14,25H2,2H3,(H,26,31)(H,27,28). The van der Waals surface area contributed by atoms with Gasteiger partial charge in [0.2, 0.25) is 11.7 Å². The molecule has 1 aliphatic rings. The number of carbonyl (C=O) groups is 2. The van der Waals surface area contributed by atoms with Crippen molar-refractivity contribution in [1.29, 1.82) is 0 Å². The topological polar surface area (TPSA) is 104 Å². The number of benzene rings is 2. The number of piperazine rings is 1. The molecule has 1 fully saturated rings. The largest absolute Gasteiger partial charge is 0.382 e. The molecule has 4 rings (SSSR count). The van der Waals surface area contributed by atoms with Gasteiger partial charge in [-0.2, -0.15) is 0 Å². The minimum absolute atomic E-state index is 0.169. The van der Waals surface area contributed by atoms with Gasteiger partial charge >= 0.3 is 0 Å². The van der Waals surface area contributed by atoms with Crippen molar-refractivity contribution in [3.8, 4) is 0 Å². The number of aromatic nitrogens is 1. The van der Waals surface area contributed by atoms with Crippen molar-refractivity contribution in [2.24, 2.45) is 0 Å². The maximum Gasteiger partial charge on any atom is 0.247 e. The highest BCUT2D eigenvalue weighted by Crippen LogP contribution is 2.31. The van der Waals surface area contributed by atoms with Gasteiger partial charge in [-0.05, 0) is 49.5 Å². The van der Waals surface area contributed by atoms with Crippen molar-refractivity contribution in [3.63, 3.8) is 0 Å². The fourth-order valence-corrected chi connectivity index (χ4v) is 4.42. The van der Waals surface area contributed by atoms with Gasteiger partial charge in [0.25, 0.3) is 0 Å². The summed E-state index contributed by atoms with van der Waals surface area (Å²) < 4.78 is 0. The van der Waals surface area contributed by atoms with Crippen LogP contribution in [0, 0.1) is 0 Å². The first-order chi connectivity index (χ1) is 15.9. The van der Waals surface area contributed by atoms with E-state index in [4.69, 9.17) is 5.73 Å². The summed E-state index contributed by atoms with van der Waals surface area (Å²) in [7, 11) is 2.14. The molecule has 0 unspecified atom stereocenters. The van der Waals surface area contributed by atoms with Crippen LogP contribution in [0.2, 0.25) is 0 Å². The Hall–Kier alpha value is -3.69. The van der Waals surface area contributed by atoms with Gasteiger partial charge in [0.05, 0.1) is 0 Å². The Bertz CT molecular complexity index is 1170. The van der Waals surface area contributed by atoms with Crippen LogP contribution in [0.25, 0.3) is 0 Å². The molecule has 8 nitrogen and oxygen atoms in total. The Morgan fingerprint density at radius 1 is 1.09 bits per heavy atom. The minimum atomic E-state index is -0.345. The van der Waals surface area contributed by atoms with Crippen LogP contribution in [0.4, 0.5) is 28.0 Å². The molecular formula is C24H26N6O2S. The Balaban J connectivity index is 1.45. The van der Waals surface area contributed by atoms with Crippen molar-refractivity contribution < 1.29 is 9.59 Å². The Labute approximate surface area is 196 Å². The molecule has 0 aliphatic carbocycles. The highest BCUT2D eigenvalue weighted by molar-refractivity contribution is 7.18. The number of anilines is 5. The Kier molecular flexibility index (Phi) is 6.71. The maximum absolute atomic E-state index is 13.0. The third-order valence-corrected chi connectivity index (χ3v) is 6.41. The molecule has 4 N–H and O–H groups in total. The van der Waals surface area contributed by atoms with E-state index >= 15 is 0 Å². The van der Waals surface area contributed by atoms with Crippen LogP contribution in [0.1, 0.15) is 15.2 Å². The van der Waals surface area contributed by atoms with Crippen molar-refractivity contribution >= 4 is 51.0 Å². The fourth-order valence-electron chi connectivity index (χ4n) is 3.55. The molecule has 33 heavy (non-hydrogen) atoms. The molecule has 170 valence electrons. The van der Waals surface area contributed by atoms with E-state index in [1.807, 2.05) is 12.1 Å². The number of nitrogens with two attached hydrogens (primary N) is 1. The second kappa shape index (κ2) is 9.85. The molecular weight excluding hydrogens is 436 g/mol. The van der Waals surface area contributed by atoms with Gasteiger partial charge in [-0.3, -0.25) is 9.59 Å². The van der Waals surface area contributed by atoms with Crippen LogP contribution < -0.4 is 21.3 Å². The van der Waals surface area contributed by atoms with Crippen molar-refractivity contribution in [1.82, 2.24) is 9.88 Å². The lowest BCUT2D eigenvalue weighted by molar-refractivity contribution is -0.111. The summed E-state index contributed by atoms with van der Waals surface area (Å²) in [5, 5.41) is 6.43. The number of hydrogen-bond donors (Lipinski definition) is 3. The summed E-state index contributed by atoms with van der Waals surface area (Å²) in [5.74, 6) is -0.428. The molecule has 0 atom stereocenters. The first-order valence-electron chi connectivity index (χ1n) is 10.6. The molecule has 0 saturated carbocycles. The first-order valence-corrected chi connectivity index (χ1v) is 11.4. The van der Waals surface area contributed by atoms with Gasteiger partial charge < -0.3 is 26.2 Å². The van der Waals surface area contributed by atoms with Gasteiger partial charge in [0.1, 0.15) is 10.7 Å². The van der Waals surface area contributed by atoms with Crippen LogP contribution in [0.5, 0.6) is 0 Å². The summed E-state index contributed by atoms with van der Waals surface area (Å²) in [5.41, 5.74) is 9.03. The summed E-state index contributed by atoms with van der Waals surface area (Å²) in [4.78, 5) is 33.9. The summed E-state index contributed by atoms with van der Waals surface area (Å²) >= 11 is 1.20. The van der Waals surface area contributed by atoms with E-state index in [1.54, 1.807) is 24.3 Å². The molecule has 0 bridgehead atoms. The maximum atomic E-state index is 13.0. The minimum Gasteiger partial charge on any atom is -0.382 e. The van der Waals surface area contributed by atoms with Gasteiger partial charge in [-0.1, -0.05) is 30.0 Å². The SMILES string of the molecule is C=CC(=O)Nc1cccc(C(=O)c2sc(Nc3ccc(N4CCN(C)CC4)cc3)nc2N)c1. The smallest absolute Gasteiger partial charge is 0.247 e. The normalized spacial score (nSPS) is 14.0. The number of nitrogen functional groups attached to an aromatic ring is 1. The molecule has 1 aliphatic heterocycles. The van der Waals surface area contributed by atoms with Crippen molar-refractivity contribution in [3.05, 3.63) is 71.6 Å². The average Bonchev–Trinajstić information content (AvgIpc) is 3.19. The van der Waals surface area contributed by atoms with Gasteiger partial charge in [-0.25, -0.2) is 4.98 Å². The van der Waals surface area contributed by atoms with Gasteiger partial charge in [-0.15, -0.1) is 0 Å². The van der Waals surface area contributed by atoms with Crippen LogP contribution in [-0.2, 0) is 4.79 Å². The lowest BCUT2D eigenvalue weighted by Gasteiger charge is -2.34. The number of rotatable bonds is 7. The zero-order valence-electron chi connectivity index (χ0n) is 18.4. The molecule has 0 radical (unpaired) electrons. The predicted octanol–water partition coefficient (Wildman–Crippen LogP) is 3.58. The van der Waals surface area contributed by atoms with E-state index in [2.05, 4.69) is 51.2 Å². The highest BCUT2D eigenvalue weighted by Gasteiger charge is 2.19. The highest BCUT2D eigenvalue weighted by atomic mass is 32.1. The quantitative estimate of drug-likeness (QED) is 0.364. The van der Waals surface area contributed by atoms with Crippen LogP contribution in [0.3, 0.4) is 0 Å². The first kappa shape index (κ1) is 22.5. The summed E-state index contributed by atoms with van der Waals surface area (Å²) in [6.45, 7) is 7.56. The molecule has 2 heterocycles. The zero-order chi connectivity index (χ0) is 23.4. The van der Waals surface area contributed by atoms with E-state index in [0.717, 1.165) is 31.9 Å². The molecule has 1 saturated heterocycles.